The summed E-state index contributed by atoms with van der Waals surface area (Å²) in [6, 6.07) is 0. The molecule has 0 radical (unpaired) electrons. The van der Waals surface area contributed by atoms with Gasteiger partial charge in [-0.25, -0.2) is 9.97 Å². The molecule has 0 N–H and O–H groups in total. The van der Waals surface area contributed by atoms with E-state index in [9.17, 15) is 9.59 Å². The average molecular weight is 344 g/mol. The molecule has 0 aromatic carbocycles. The lowest BCUT2D eigenvalue weighted by Crippen LogP contribution is -2.35. The van der Waals surface area contributed by atoms with Crippen LogP contribution >= 0.6 is 0 Å². The first kappa shape index (κ1) is 17.8. The molecule has 1 saturated heterocycles. The Morgan fingerprint density at radius 2 is 2.00 bits per heavy atom. The number of carbonyl (C=O) groups excluding carboxylic acids is 2. The van der Waals surface area contributed by atoms with Gasteiger partial charge in [-0.3, -0.25) is 9.59 Å². The molecular weight excluding hydrogens is 316 g/mol. The van der Waals surface area contributed by atoms with Gasteiger partial charge in [0.2, 0.25) is 11.8 Å². The van der Waals surface area contributed by atoms with E-state index in [1.807, 2.05) is 16.0 Å². The molecule has 6 nitrogen and oxygen atoms in total. The molecule has 2 amide bonds. The van der Waals surface area contributed by atoms with Gasteiger partial charge in [0.25, 0.3) is 0 Å². The molecule has 3 rings (SSSR count). The number of amides is 2. The molecule has 0 bridgehead atoms. The minimum Gasteiger partial charge on any atom is -0.342 e. The van der Waals surface area contributed by atoms with Gasteiger partial charge in [0.15, 0.2) is 0 Å². The fourth-order valence-electron chi connectivity index (χ4n) is 3.56. The Morgan fingerprint density at radius 3 is 2.68 bits per heavy atom. The SMILES string of the molecule is CC(=O)N1CCc2nc(C3CCN(C(=O)CC(C)(C)C)C3)ncc2C1. The topological polar surface area (TPSA) is 66.4 Å². The summed E-state index contributed by atoms with van der Waals surface area (Å²) in [5, 5.41) is 0. The smallest absolute Gasteiger partial charge is 0.223 e. The van der Waals surface area contributed by atoms with E-state index in [4.69, 9.17) is 4.98 Å². The van der Waals surface area contributed by atoms with E-state index >= 15 is 0 Å². The Morgan fingerprint density at radius 1 is 1.24 bits per heavy atom. The Labute approximate surface area is 149 Å². The summed E-state index contributed by atoms with van der Waals surface area (Å²) >= 11 is 0. The van der Waals surface area contributed by atoms with Crippen molar-refractivity contribution < 1.29 is 9.59 Å². The minimum absolute atomic E-state index is 0.0140. The molecule has 2 aliphatic heterocycles. The number of hydrogen-bond acceptors (Lipinski definition) is 4. The van der Waals surface area contributed by atoms with Crippen molar-refractivity contribution in [1.29, 1.82) is 0 Å². The van der Waals surface area contributed by atoms with Crippen LogP contribution in [0.4, 0.5) is 0 Å². The van der Waals surface area contributed by atoms with E-state index in [1.54, 1.807) is 6.92 Å². The largest absolute Gasteiger partial charge is 0.342 e. The van der Waals surface area contributed by atoms with Crippen LogP contribution in [0.3, 0.4) is 0 Å². The molecule has 136 valence electrons. The lowest BCUT2D eigenvalue weighted by Gasteiger charge is -2.27. The van der Waals surface area contributed by atoms with Gasteiger partial charge < -0.3 is 9.80 Å². The zero-order chi connectivity index (χ0) is 18.2. The molecule has 1 unspecified atom stereocenters. The Kier molecular flexibility index (Phi) is 4.80. The van der Waals surface area contributed by atoms with Crippen molar-refractivity contribution in [3.8, 4) is 0 Å². The molecule has 1 aromatic rings. The van der Waals surface area contributed by atoms with Crippen molar-refractivity contribution in [2.45, 2.75) is 59.4 Å². The molecule has 1 fully saturated rings. The molecule has 1 aromatic heterocycles. The molecule has 25 heavy (non-hydrogen) atoms. The Hall–Kier alpha value is -1.98. The third kappa shape index (κ3) is 4.17. The number of carbonyl (C=O) groups is 2. The maximum Gasteiger partial charge on any atom is 0.223 e. The number of hydrogen-bond donors (Lipinski definition) is 0. The van der Waals surface area contributed by atoms with E-state index in [-0.39, 0.29) is 23.1 Å². The predicted octanol–water partition coefficient (Wildman–Crippen LogP) is 2.13. The lowest BCUT2D eigenvalue weighted by atomic mass is 9.92. The second-order valence-electron chi connectivity index (χ2n) is 8.45. The number of fused-ring (bicyclic) bond motifs is 1. The van der Waals surface area contributed by atoms with Gasteiger partial charge in [0.1, 0.15) is 5.82 Å². The summed E-state index contributed by atoms with van der Waals surface area (Å²) in [6.07, 6.45) is 4.15. The van der Waals surface area contributed by atoms with Crippen LogP contribution in [0.2, 0.25) is 0 Å². The normalized spacial score (nSPS) is 20.6. The Bertz CT molecular complexity index is 680. The third-order valence-corrected chi connectivity index (χ3v) is 4.99. The highest BCUT2D eigenvalue weighted by molar-refractivity contribution is 5.77. The van der Waals surface area contributed by atoms with Crippen LogP contribution in [0.15, 0.2) is 6.20 Å². The second kappa shape index (κ2) is 6.73. The van der Waals surface area contributed by atoms with Crippen LogP contribution in [0, 0.1) is 5.41 Å². The number of nitrogens with zero attached hydrogens (tertiary/aromatic N) is 4. The molecular formula is C19H28N4O2. The van der Waals surface area contributed by atoms with Crippen molar-refractivity contribution in [2.75, 3.05) is 19.6 Å². The average Bonchev–Trinajstić information content (AvgIpc) is 3.02. The third-order valence-electron chi connectivity index (χ3n) is 4.99. The first-order valence-corrected chi connectivity index (χ1v) is 9.11. The maximum absolute atomic E-state index is 12.4. The lowest BCUT2D eigenvalue weighted by molar-refractivity contribution is -0.132. The monoisotopic (exact) mass is 344 g/mol. The quantitative estimate of drug-likeness (QED) is 0.824. The number of likely N-dealkylation sites (tertiary alicyclic amines) is 1. The standard InChI is InChI=1S/C19H28N4O2/c1-13(24)22-8-6-16-15(12-22)10-20-18(21-16)14-5-7-23(11-14)17(25)9-19(2,3)4/h10,14H,5-9,11-12H2,1-4H3. The number of rotatable bonds is 2. The van der Waals surface area contributed by atoms with Crippen LogP contribution in [-0.4, -0.2) is 51.2 Å². The van der Waals surface area contributed by atoms with Gasteiger partial charge >= 0.3 is 0 Å². The summed E-state index contributed by atoms with van der Waals surface area (Å²) in [6.45, 7) is 10.7. The molecule has 6 heteroatoms. The molecule has 0 spiro atoms. The maximum atomic E-state index is 12.4. The van der Waals surface area contributed by atoms with Crippen LogP contribution in [0.5, 0.6) is 0 Å². The first-order valence-electron chi connectivity index (χ1n) is 9.11. The van der Waals surface area contributed by atoms with Gasteiger partial charge in [-0.05, 0) is 11.8 Å². The zero-order valence-corrected chi connectivity index (χ0v) is 15.7. The molecule has 3 heterocycles. The van der Waals surface area contributed by atoms with Gasteiger partial charge in [-0.1, -0.05) is 20.8 Å². The van der Waals surface area contributed by atoms with E-state index < -0.39 is 0 Å². The van der Waals surface area contributed by atoms with E-state index in [0.29, 0.717) is 19.5 Å². The van der Waals surface area contributed by atoms with E-state index in [0.717, 1.165) is 43.0 Å². The summed E-state index contributed by atoms with van der Waals surface area (Å²) in [7, 11) is 0. The van der Waals surface area contributed by atoms with Crippen LogP contribution < -0.4 is 0 Å². The first-order chi connectivity index (χ1) is 11.7. The molecule has 0 aliphatic carbocycles. The van der Waals surface area contributed by atoms with Crippen molar-refractivity contribution in [2.24, 2.45) is 5.41 Å². The van der Waals surface area contributed by atoms with Gasteiger partial charge in [0.05, 0.1) is 5.69 Å². The van der Waals surface area contributed by atoms with E-state index in [2.05, 4.69) is 25.8 Å². The minimum atomic E-state index is 0.0140. The van der Waals surface area contributed by atoms with Crippen molar-refractivity contribution in [3.63, 3.8) is 0 Å². The second-order valence-corrected chi connectivity index (χ2v) is 8.45. The highest BCUT2D eigenvalue weighted by atomic mass is 16.2. The van der Waals surface area contributed by atoms with Crippen molar-refractivity contribution in [1.82, 2.24) is 19.8 Å². The summed E-state index contributed by atoms with van der Waals surface area (Å²) in [5.41, 5.74) is 2.12. The summed E-state index contributed by atoms with van der Waals surface area (Å²) in [4.78, 5) is 37.1. The number of aromatic nitrogens is 2. The highest BCUT2D eigenvalue weighted by Gasteiger charge is 2.31. The van der Waals surface area contributed by atoms with Crippen molar-refractivity contribution in [3.05, 3.63) is 23.3 Å². The van der Waals surface area contributed by atoms with Gasteiger partial charge in [-0.2, -0.15) is 0 Å². The molecule has 2 aliphatic rings. The summed E-state index contributed by atoms with van der Waals surface area (Å²) in [5.74, 6) is 1.39. The summed E-state index contributed by atoms with van der Waals surface area (Å²) < 4.78 is 0. The molecule has 0 saturated carbocycles. The van der Waals surface area contributed by atoms with E-state index in [1.165, 1.54) is 0 Å². The van der Waals surface area contributed by atoms with Crippen LogP contribution in [0.25, 0.3) is 0 Å². The van der Waals surface area contributed by atoms with Crippen molar-refractivity contribution >= 4 is 11.8 Å². The Balaban J connectivity index is 1.66. The highest BCUT2D eigenvalue weighted by Crippen LogP contribution is 2.29. The fraction of sp³-hybridized carbons (Fsp3) is 0.684. The zero-order valence-electron chi connectivity index (χ0n) is 15.7. The predicted molar refractivity (Wildman–Crippen MR) is 94.8 cm³/mol. The van der Waals surface area contributed by atoms with Crippen LogP contribution in [0.1, 0.15) is 63.5 Å². The van der Waals surface area contributed by atoms with Crippen LogP contribution in [-0.2, 0) is 22.6 Å². The fourth-order valence-corrected chi connectivity index (χ4v) is 3.56. The van der Waals surface area contributed by atoms with Gasteiger partial charge in [-0.15, -0.1) is 0 Å². The van der Waals surface area contributed by atoms with Gasteiger partial charge in [0, 0.05) is 63.6 Å². The molecule has 1 atom stereocenters.